The maximum Gasteiger partial charge on any atom is 0.257 e. The first kappa shape index (κ1) is 19.5. The van der Waals surface area contributed by atoms with Crippen LogP contribution in [0.4, 0.5) is 5.69 Å². The molecule has 0 bridgehead atoms. The number of carbonyl (C=O) groups is 1. The van der Waals surface area contributed by atoms with Gasteiger partial charge >= 0.3 is 0 Å². The second-order valence-electron chi connectivity index (χ2n) is 5.43. The van der Waals surface area contributed by atoms with Gasteiger partial charge < -0.3 is 14.8 Å². The van der Waals surface area contributed by atoms with E-state index in [0.717, 1.165) is 16.8 Å². The Morgan fingerprint density at radius 3 is 2.00 bits per heavy atom. The van der Waals surface area contributed by atoms with Gasteiger partial charge in [-0.2, -0.15) is 0 Å². The molecule has 25 heavy (non-hydrogen) atoms. The number of halogens is 1. The van der Waals surface area contributed by atoms with Crippen LogP contribution in [0.3, 0.4) is 0 Å². The lowest BCUT2D eigenvalue weighted by Crippen LogP contribution is -2.34. The van der Waals surface area contributed by atoms with Crippen LogP contribution in [0.2, 0.25) is 0 Å². The van der Waals surface area contributed by atoms with Crippen molar-refractivity contribution in [1.82, 2.24) is 5.32 Å². The van der Waals surface area contributed by atoms with Crippen LogP contribution in [-0.4, -0.2) is 25.2 Å². The molecule has 2 rings (SSSR count). The molecule has 0 spiro atoms. The molecule has 0 aromatic heterocycles. The summed E-state index contributed by atoms with van der Waals surface area (Å²) < 4.78 is 11.6. The third kappa shape index (κ3) is 5.05. The van der Waals surface area contributed by atoms with Gasteiger partial charge in [-0.3, -0.25) is 10.1 Å². The van der Waals surface area contributed by atoms with Crippen molar-refractivity contribution in [2.24, 2.45) is 0 Å². The Hall–Kier alpha value is -1.87. The van der Waals surface area contributed by atoms with Gasteiger partial charge in [-0.05, 0) is 84.0 Å². The summed E-state index contributed by atoms with van der Waals surface area (Å²) in [6.07, 6.45) is 0. The fraction of sp³-hybridized carbons (Fsp3) is 0.222. The maximum absolute atomic E-state index is 12.4. The van der Waals surface area contributed by atoms with E-state index in [1.165, 1.54) is 17.8 Å². The zero-order chi connectivity index (χ0) is 18.6. The molecule has 2 aromatic carbocycles. The van der Waals surface area contributed by atoms with Gasteiger partial charge in [0, 0.05) is 20.9 Å². The minimum absolute atomic E-state index is 0.229. The maximum atomic E-state index is 12.4. The number of thiocarbonyl (C=S) groups is 1. The lowest BCUT2D eigenvalue weighted by Gasteiger charge is -2.13. The number of methoxy groups -OCH3 is 2. The van der Waals surface area contributed by atoms with Crippen LogP contribution in [0.1, 0.15) is 21.5 Å². The van der Waals surface area contributed by atoms with Crippen molar-refractivity contribution < 1.29 is 14.3 Å². The molecule has 0 saturated heterocycles. The summed E-state index contributed by atoms with van der Waals surface area (Å²) in [4.78, 5) is 12.4. The number of rotatable bonds is 4. The third-order valence-corrected chi connectivity index (χ3v) is 5.44. The molecule has 0 saturated carbocycles. The van der Waals surface area contributed by atoms with E-state index in [1.54, 1.807) is 18.2 Å². The summed E-state index contributed by atoms with van der Waals surface area (Å²) in [6.45, 7) is 4.06. The van der Waals surface area contributed by atoms with E-state index in [-0.39, 0.29) is 11.0 Å². The molecule has 0 unspecified atom stereocenters. The molecule has 0 aliphatic carbocycles. The smallest absolute Gasteiger partial charge is 0.257 e. The molecule has 2 N–H and O–H groups in total. The van der Waals surface area contributed by atoms with Crippen molar-refractivity contribution in [3.05, 3.63) is 50.6 Å². The summed E-state index contributed by atoms with van der Waals surface area (Å²) in [5, 5.41) is 5.94. The molecule has 0 heterocycles. The van der Waals surface area contributed by atoms with E-state index in [1.807, 2.05) is 26.0 Å². The number of carbonyl (C=O) groups excluding carboxylic acids is 1. The van der Waals surface area contributed by atoms with Gasteiger partial charge in [-0.15, -0.1) is 0 Å². The first-order chi connectivity index (χ1) is 11.8. The largest absolute Gasteiger partial charge is 0.497 e. The topological polar surface area (TPSA) is 59.6 Å². The van der Waals surface area contributed by atoms with Gasteiger partial charge in [0.05, 0.1) is 14.2 Å². The van der Waals surface area contributed by atoms with Crippen molar-refractivity contribution in [3.8, 4) is 11.5 Å². The van der Waals surface area contributed by atoms with Gasteiger partial charge in [-0.25, -0.2) is 0 Å². The van der Waals surface area contributed by atoms with Crippen LogP contribution in [0.15, 0.2) is 30.3 Å². The standard InChI is InChI=1S/C18H19IN2O3S/c1-10-5-13(6-11(2)16(10)19)20-18(25)21-17(22)12-7-14(23-3)9-15(8-12)24-4/h5-9H,1-4H3,(H2,20,21,22,25). The van der Waals surface area contributed by atoms with Crippen molar-refractivity contribution >= 4 is 51.5 Å². The lowest BCUT2D eigenvalue weighted by atomic mass is 10.1. The molecular formula is C18H19IN2O3S. The summed E-state index contributed by atoms with van der Waals surface area (Å²) in [7, 11) is 3.06. The highest BCUT2D eigenvalue weighted by molar-refractivity contribution is 14.1. The highest BCUT2D eigenvalue weighted by atomic mass is 127. The first-order valence-electron chi connectivity index (χ1n) is 7.46. The highest BCUT2D eigenvalue weighted by Gasteiger charge is 2.12. The second-order valence-corrected chi connectivity index (χ2v) is 6.92. The predicted molar refractivity (Wildman–Crippen MR) is 112 cm³/mol. The molecule has 0 aliphatic rings. The number of hydrogen-bond acceptors (Lipinski definition) is 4. The number of ether oxygens (including phenoxy) is 2. The Kier molecular flexibility index (Phi) is 6.60. The van der Waals surface area contributed by atoms with Crippen LogP contribution in [0.25, 0.3) is 0 Å². The van der Waals surface area contributed by atoms with Crippen LogP contribution in [-0.2, 0) is 0 Å². The molecule has 7 heteroatoms. The minimum atomic E-state index is -0.339. The van der Waals surface area contributed by atoms with E-state index >= 15 is 0 Å². The number of benzene rings is 2. The van der Waals surface area contributed by atoms with Crippen LogP contribution in [0, 0.1) is 17.4 Å². The van der Waals surface area contributed by atoms with Crippen molar-refractivity contribution in [1.29, 1.82) is 0 Å². The summed E-state index contributed by atoms with van der Waals surface area (Å²) >= 11 is 7.55. The third-order valence-electron chi connectivity index (χ3n) is 3.54. The first-order valence-corrected chi connectivity index (χ1v) is 8.95. The molecule has 0 radical (unpaired) electrons. The quantitative estimate of drug-likeness (QED) is 0.522. The molecule has 2 aromatic rings. The molecular weight excluding hydrogens is 451 g/mol. The fourth-order valence-electron chi connectivity index (χ4n) is 2.29. The molecule has 0 fully saturated rings. The second kappa shape index (κ2) is 8.48. The zero-order valence-electron chi connectivity index (χ0n) is 14.4. The number of anilines is 1. The average molecular weight is 470 g/mol. The number of nitrogens with one attached hydrogen (secondary N) is 2. The molecule has 132 valence electrons. The zero-order valence-corrected chi connectivity index (χ0v) is 17.4. The predicted octanol–water partition coefficient (Wildman–Crippen LogP) is 4.05. The van der Waals surface area contributed by atoms with E-state index in [0.29, 0.717) is 17.1 Å². The normalized spacial score (nSPS) is 10.1. The van der Waals surface area contributed by atoms with Gasteiger partial charge in [0.15, 0.2) is 5.11 Å². The van der Waals surface area contributed by atoms with Crippen molar-refractivity contribution in [2.75, 3.05) is 19.5 Å². The van der Waals surface area contributed by atoms with Crippen LogP contribution in [0.5, 0.6) is 11.5 Å². The van der Waals surface area contributed by atoms with E-state index < -0.39 is 0 Å². The van der Waals surface area contributed by atoms with Gasteiger partial charge in [0.2, 0.25) is 0 Å². The minimum Gasteiger partial charge on any atom is -0.497 e. The molecule has 0 aliphatic heterocycles. The summed E-state index contributed by atoms with van der Waals surface area (Å²) in [5.41, 5.74) is 3.53. The van der Waals surface area contributed by atoms with Crippen molar-refractivity contribution in [3.63, 3.8) is 0 Å². The number of aryl methyl sites for hydroxylation is 2. The Morgan fingerprint density at radius 1 is 1.00 bits per heavy atom. The Labute approximate surface area is 166 Å². The van der Waals surface area contributed by atoms with Crippen molar-refractivity contribution in [2.45, 2.75) is 13.8 Å². The molecule has 1 amide bonds. The van der Waals surface area contributed by atoms with Crippen LogP contribution >= 0.6 is 34.8 Å². The Balaban J connectivity index is 2.11. The van der Waals surface area contributed by atoms with E-state index in [9.17, 15) is 4.79 Å². The van der Waals surface area contributed by atoms with Crippen LogP contribution < -0.4 is 20.1 Å². The number of hydrogen-bond donors (Lipinski definition) is 2. The van der Waals surface area contributed by atoms with Gasteiger partial charge in [-0.1, -0.05) is 0 Å². The Bertz CT molecular complexity index is 779. The SMILES string of the molecule is COc1cc(OC)cc(C(=O)NC(=S)Nc2cc(C)c(I)c(C)c2)c1. The fourth-order valence-corrected chi connectivity index (χ4v) is 2.82. The summed E-state index contributed by atoms with van der Waals surface area (Å²) in [5.74, 6) is 0.730. The highest BCUT2D eigenvalue weighted by Crippen LogP contribution is 2.23. The average Bonchev–Trinajstić information content (AvgIpc) is 2.58. The number of amides is 1. The lowest BCUT2D eigenvalue weighted by molar-refractivity contribution is 0.0977. The Morgan fingerprint density at radius 2 is 1.52 bits per heavy atom. The van der Waals surface area contributed by atoms with Gasteiger partial charge in [0.1, 0.15) is 11.5 Å². The molecule has 0 atom stereocenters. The molecule has 5 nitrogen and oxygen atoms in total. The van der Waals surface area contributed by atoms with E-state index in [4.69, 9.17) is 21.7 Å². The van der Waals surface area contributed by atoms with E-state index in [2.05, 4.69) is 33.2 Å². The summed E-state index contributed by atoms with van der Waals surface area (Å²) in [6, 6.07) is 8.92. The monoisotopic (exact) mass is 470 g/mol. The van der Waals surface area contributed by atoms with Gasteiger partial charge in [0.25, 0.3) is 5.91 Å².